The Hall–Kier alpha value is -3.18. The fourth-order valence-electron chi connectivity index (χ4n) is 3.81. The summed E-state index contributed by atoms with van der Waals surface area (Å²) in [7, 11) is 0. The van der Waals surface area contributed by atoms with Gasteiger partial charge in [-0.25, -0.2) is 14.2 Å². The standard InChI is InChI=1S/C26H24ClFN2O2/c1-17(2)23-14-20(15-24(29-23)19-9-10-22(28)21(27)13-19)26(3)11-12-30(26)25(31)32-16-18-7-5-4-6-8-18/h4-10,13-15H,1,11-12,16H2,2-3H3. The molecule has 1 aliphatic rings. The van der Waals surface area contributed by atoms with Crippen LogP contribution in [0.4, 0.5) is 9.18 Å². The quantitative estimate of drug-likeness (QED) is 0.427. The van der Waals surface area contributed by atoms with Crippen molar-refractivity contribution >= 4 is 23.3 Å². The molecule has 4 rings (SSSR count). The molecule has 164 valence electrons. The first-order valence-electron chi connectivity index (χ1n) is 10.4. The molecule has 1 aliphatic heterocycles. The van der Waals surface area contributed by atoms with Gasteiger partial charge in [0.25, 0.3) is 0 Å². The summed E-state index contributed by atoms with van der Waals surface area (Å²) in [5.41, 5.74) is 4.16. The molecule has 1 unspecified atom stereocenters. The van der Waals surface area contributed by atoms with Crippen LogP contribution in [0.1, 0.15) is 37.1 Å². The molecule has 4 nitrogen and oxygen atoms in total. The highest BCUT2D eigenvalue weighted by atomic mass is 35.5. The van der Waals surface area contributed by atoms with Gasteiger partial charge in [-0.2, -0.15) is 0 Å². The Morgan fingerprint density at radius 2 is 1.97 bits per heavy atom. The molecule has 32 heavy (non-hydrogen) atoms. The molecule has 0 bridgehead atoms. The molecule has 0 radical (unpaired) electrons. The number of pyridine rings is 1. The van der Waals surface area contributed by atoms with Crippen molar-refractivity contribution in [3.63, 3.8) is 0 Å². The van der Waals surface area contributed by atoms with Crippen molar-refractivity contribution < 1.29 is 13.9 Å². The van der Waals surface area contributed by atoms with Crippen molar-refractivity contribution in [3.8, 4) is 11.3 Å². The highest BCUT2D eigenvalue weighted by Crippen LogP contribution is 2.42. The van der Waals surface area contributed by atoms with Crippen molar-refractivity contribution in [2.24, 2.45) is 0 Å². The van der Waals surface area contributed by atoms with Gasteiger partial charge in [0.15, 0.2) is 0 Å². The van der Waals surface area contributed by atoms with E-state index in [2.05, 4.69) is 11.6 Å². The molecule has 1 amide bonds. The topological polar surface area (TPSA) is 42.4 Å². The van der Waals surface area contributed by atoms with E-state index < -0.39 is 11.4 Å². The maximum atomic E-state index is 13.7. The van der Waals surface area contributed by atoms with E-state index in [1.54, 1.807) is 17.0 Å². The molecule has 1 saturated heterocycles. The first-order chi connectivity index (χ1) is 15.3. The molecule has 0 aliphatic carbocycles. The van der Waals surface area contributed by atoms with E-state index in [0.29, 0.717) is 23.5 Å². The Labute approximate surface area is 192 Å². The van der Waals surface area contributed by atoms with Gasteiger partial charge in [0, 0.05) is 12.1 Å². The summed E-state index contributed by atoms with van der Waals surface area (Å²) in [5.74, 6) is -0.481. The van der Waals surface area contributed by atoms with Crippen LogP contribution in [0.3, 0.4) is 0 Å². The smallest absolute Gasteiger partial charge is 0.410 e. The fraction of sp³-hybridized carbons (Fsp3) is 0.231. The number of allylic oxidation sites excluding steroid dienone is 1. The van der Waals surface area contributed by atoms with E-state index in [-0.39, 0.29) is 17.7 Å². The van der Waals surface area contributed by atoms with E-state index in [4.69, 9.17) is 16.3 Å². The third-order valence-electron chi connectivity index (χ3n) is 5.94. The zero-order valence-electron chi connectivity index (χ0n) is 18.1. The summed E-state index contributed by atoms with van der Waals surface area (Å²) < 4.78 is 19.2. The fourth-order valence-corrected chi connectivity index (χ4v) is 3.99. The van der Waals surface area contributed by atoms with Gasteiger partial charge in [-0.1, -0.05) is 48.5 Å². The first-order valence-corrected chi connectivity index (χ1v) is 10.8. The lowest BCUT2D eigenvalue weighted by Crippen LogP contribution is -2.58. The summed E-state index contributed by atoms with van der Waals surface area (Å²) in [6.45, 7) is 8.74. The number of hydrogen-bond acceptors (Lipinski definition) is 3. The number of hydrogen-bond donors (Lipinski definition) is 0. The molecule has 2 aromatic carbocycles. The molecular formula is C26H24ClFN2O2. The maximum absolute atomic E-state index is 13.7. The van der Waals surface area contributed by atoms with Gasteiger partial charge < -0.3 is 4.74 Å². The predicted octanol–water partition coefficient (Wildman–Crippen LogP) is 6.83. The van der Waals surface area contributed by atoms with Crippen LogP contribution < -0.4 is 0 Å². The zero-order chi connectivity index (χ0) is 22.9. The Bertz CT molecular complexity index is 1180. The second-order valence-corrected chi connectivity index (χ2v) is 8.66. The van der Waals surface area contributed by atoms with Gasteiger partial charge in [0.1, 0.15) is 12.4 Å². The normalized spacial score (nSPS) is 17.6. The molecule has 0 saturated carbocycles. The molecule has 1 aromatic heterocycles. The van der Waals surface area contributed by atoms with Crippen LogP contribution in [-0.4, -0.2) is 22.5 Å². The van der Waals surface area contributed by atoms with Gasteiger partial charge in [0.05, 0.1) is 21.9 Å². The highest BCUT2D eigenvalue weighted by molar-refractivity contribution is 6.31. The summed E-state index contributed by atoms with van der Waals surface area (Å²) in [5, 5.41) is 0.0348. The Kier molecular flexibility index (Phi) is 6.02. The van der Waals surface area contributed by atoms with Crippen molar-refractivity contribution in [1.82, 2.24) is 9.88 Å². The molecular weight excluding hydrogens is 427 g/mol. The number of likely N-dealkylation sites (tertiary alicyclic amines) is 1. The SMILES string of the molecule is C=C(C)c1cc(C2(C)CCN2C(=O)OCc2ccccc2)cc(-c2ccc(F)c(Cl)c2)n1. The van der Waals surface area contributed by atoms with Crippen LogP contribution in [0.15, 0.2) is 67.2 Å². The number of ether oxygens (including phenoxy) is 1. The predicted molar refractivity (Wildman–Crippen MR) is 125 cm³/mol. The number of aromatic nitrogens is 1. The molecule has 1 fully saturated rings. The van der Waals surface area contributed by atoms with Crippen LogP contribution in [0.2, 0.25) is 5.02 Å². The van der Waals surface area contributed by atoms with Crippen LogP contribution in [-0.2, 0) is 16.9 Å². The molecule has 0 N–H and O–H groups in total. The third kappa shape index (κ3) is 4.26. The monoisotopic (exact) mass is 450 g/mol. The zero-order valence-corrected chi connectivity index (χ0v) is 18.8. The van der Waals surface area contributed by atoms with Gasteiger partial charge in [-0.15, -0.1) is 0 Å². The van der Waals surface area contributed by atoms with Gasteiger partial charge >= 0.3 is 6.09 Å². The van der Waals surface area contributed by atoms with Crippen molar-refractivity contribution in [2.75, 3.05) is 6.54 Å². The highest BCUT2D eigenvalue weighted by Gasteiger charge is 2.46. The average molecular weight is 451 g/mol. The summed E-state index contributed by atoms with van der Waals surface area (Å²) in [4.78, 5) is 19.3. The number of benzene rings is 2. The number of rotatable bonds is 5. The van der Waals surface area contributed by atoms with Crippen LogP contribution in [0.5, 0.6) is 0 Å². The van der Waals surface area contributed by atoms with E-state index in [0.717, 1.165) is 23.1 Å². The molecule has 2 heterocycles. The van der Waals surface area contributed by atoms with Crippen LogP contribution >= 0.6 is 11.6 Å². The number of nitrogens with zero attached hydrogens (tertiary/aromatic N) is 2. The van der Waals surface area contributed by atoms with E-state index >= 15 is 0 Å². The number of carbonyl (C=O) groups excluding carboxylic acids is 1. The Balaban J connectivity index is 1.63. The largest absolute Gasteiger partial charge is 0.445 e. The minimum Gasteiger partial charge on any atom is -0.445 e. The summed E-state index contributed by atoms with van der Waals surface area (Å²) in [6.07, 6.45) is 0.430. The number of halogens is 2. The molecule has 1 atom stereocenters. The second kappa shape index (κ2) is 8.75. The lowest BCUT2D eigenvalue weighted by Gasteiger charge is -2.50. The lowest BCUT2D eigenvalue weighted by atomic mass is 9.79. The van der Waals surface area contributed by atoms with Crippen LogP contribution in [0.25, 0.3) is 16.8 Å². The van der Waals surface area contributed by atoms with Gasteiger partial charge in [-0.3, -0.25) is 4.90 Å². The maximum Gasteiger partial charge on any atom is 0.410 e. The van der Waals surface area contributed by atoms with E-state index in [1.165, 1.54) is 6.07 Å². The number of carbonyl (C=O) groups is 1. The number of amides is 1. The summed E-state index contributed by atoms with van der Waals surface area (Å²) in [6, 6.07) is 18.0. The van der Waals surface area contributed by atoms with Crippen molar-refractivity contribution in [2.45, 2.75) is 32.4 Å². The molecule has 6 heteroatoms. The molecule has 0 spiro atoms. The van der Waals surface area contributed by atoms with Gasteiger partial charge in [0.2, 0.25) is 0 Å². The summed E-state index contributed by atoms with van der Waals surface area (Å²) >= 11 is 5.99. The first kappa shape index (κ1) is 22.0. The van der Waals surface area contributed by atoms with Crippen LogP contribution in [0, 0.1) is 5.82 Å². The van der Waals surface area contributed by atoms with E-state index in [1.807, 2.05) is 56.3 Å². The third-order valence-corrected chi connectivity index (χ3v) is 6.23. The van der Waals surface area contributed by atoms with Crippen molar-refractivity contribution in [3.05, 3.63) is 94.9 Å². The Morgan fingerprint density at radius 1 is 1.22 bits per heavy atom. The average Bonchev–Trinajstić information content (AvgIpc) is 2.78. The second-order valence-electron chi connectivity index (χ2n) is 8.25. The van der Waals surface area contributed by atoms with E-state index in [9.17, 15) is 9.18 Å². The molecule has 3 aromatic rings. The minimum atomic E-state index is -0.542. The lowest BCUT2D eigenvalue weighted by molar-refractivity contribution is -0.00980. The van der Waals surface area contributed by atoms with Gasteiger partial charge in [-0.05, 0) is 67.3 Å². The minimum absolute atomic E-state index is 0.0348. The van der Waals surface area contributed by atoms with Crippen molar-refractivity contribution in [1.29, 1.82) is 0 Å². The Morgan fingerprint density at radius 3 is 2.59 bits per heavy atom.